The number of carbonyl (C=O) groups excluding carboxylic acids is 1. The molecule has 128 valence electrons. The van der Waals surface area contributed by atoms with Crippen LogP contribution in [0.25, 0.3) is 10.7 Å². The summed E-state index contributed by atoms with van der Waals surface area (Å²) in [5.74, 6) is -0.199. The summed E-state index contributed by atoms with van der Waals surface area (Å²) < 4.78 is 0. The van der Waals surface area contributed by atoms with Crippen molar-refractivity contribution in [1.82, 2.24) is 20.3 Å². The first-order valence-corrected chi connectivity index (χ1v) is 7.76. The van der Waals surface area contributed by atoms with E-state index in [9.17, 15) is 4.79 Å². The van der Waals surface area contributed by atoms with Crippen molar-refractivity contribution in [3.05, 3.63) is 29.7 Å². The smallest absolute Gasteiger partial charge is 0.271 e. The molecule has 0 aliphatic heterocycles. The van der Waals surface area contributed by atoms with E-state index >= 15 is 0 Å². The number of amides is 1. The number of hydrogen-bond acceptors (Lipinski definition) is 6. The Morgan fingerprint density at radius 1 is 1.30 bits per heavy atom. The van der Waals surface area contributed by atoms with Crippen LogP contribution < -0.4 is 11.1 Å². The van der Waals surface area contributed by atoms with Gasteiger partial charge in [-0.1, -0.05) is 13.8 Å². The molecule has 2 rings (SSSR count). The second kappa shape index (κ2) is 9.77. The molecule has 0 aliphatic carbocycles. The monoisotopic (exact) mass is 377 g/mol. The number of carbonyl (C=O) groups is 1. The van der Waals surface area contributed by atoms with Crippen LogP contribution in [0.3, 0.4) is 0 Å². The number of nitrogens with zero attached hydrogens (tertiary/aromatic N) is 3. The number of thiazole rings is 1. The van der Waals surface area contributed by atoms with Crippen LogP contribution in [0.2, 0.25) is 0 Å². The highest BCUT2D eigenvalue weighted by Gasteiger charge is 2.27. The number of rotatable bonds is 6. The Morgan fingerprint density at radius 2 is 2.00 bits per heavy atom. The van der Waals surface area contributed by atoms with Gasteiger partial charge in [0.25, 0.3) is 5.91 Å². The Kier molecular flexibility index (Phi) is 9.23. The molecule has 3 N–H and O–H groups in total. The van der Waals surface area contributed by atoms with Crippen molar-refractivity contribution in [3.8, 4) is 10.7 Å². The van der Waals surface area contributed by atoms with Gasteiger partial charge in [0.15, 0.2) is 0 Å². The molecule has 0 fully saturated rings. The number of halogens is 2. The summed E-state index contributed by atoms with van der Waals surface area (Å²) in [6, 6.07) is 0. The van der Waals surface area contributed by atoms with Gasteiger partial charge in [-0.25, -0.2) is 4.98 Å². The lowest BCUT2D eigenvalue weighted by Gasteiger charge is -2.31. The van der Waals surface area contributed by atoms with Crippen molar-refractivity contribution in [2.75, 3.05) is 6.54 Å². The van der Waals surface area contributed by atoms with Crippen molar-refractivity contribution in [2.45, 2.75) is 32.2 Å². The summed E-state index contributed by atoms with van der Waals surface area (Å²) in [6.45, 7) is 4.44. The van der Waals surface area contributed by atoms with Crippen molar-refractivity contribution < 1.29 is 4.79 Å². The van der Waals surface area contributed by atoms with Crippen molar-refractivity contribution >= 4 is 42.1 Å². The summed E-state index contributed by atoms with van der Waals surface area (Å²) in [6.07, 6.45) is 6.40. The van der Waals surface area contributed by atoms with E-state index < -0.39 is 0 Å². The van der Waals surface area contributed by atoms with E-state index in [1.165, 1.54) is 11.3 Å². The predicted octanol–water partition coefficient (Wildman–Crippen LogP) is 2.69. The van der Waals surface area contributed by atoms with Crippen LogP contribution >= 0.6 is 36.2 Å². The SMILES string of the molecule is CCC(CC)(CN)NC(=O)c1csc(-c2cnccn2)n1.Cl.Cl. The Balaban J connectivity index is 0.00000242. The van der Waals surface area contributed by atoms with Gasteiger partial charge in [-0.2, -0.15) is 0 Å². The van der Waals surface area contributed by atoms with E-state index in [1.54, 1.807) is 24.0 Å². The Hall–Kier alpha value is -1.28. The normalized spacial score (nSPS) is 10.4. The number of aromatic nitrogens is 3. The first-order chi connectivity index (χ1) is 10.1. The fourth-order valence-electron chi connectivity index (χ4n) is 1.98. The summed E-state index contributed by atoms with van der Waals surface area (Å²) in [5, 5.41) is 5.41. The van der Waals surface area contributed by atoms with E-state index in [0.717, 1.165) is 12.8 Å². The highest BCUT2D eigenvalue weighted by molar-refractivity contribution is 7.13. The van der Waals surface area contributed by atoms with Gasteiger partial charge in [0.2, 0.25) is 0 Å². The first kappa shape index (κ1) is 21.7. The molecule has 0 bridgehead atoms. The molecular weight excluding hydrogens is 357 g/mol. The van der Waals surface area contributed by atoms with Gasteiger partial charge in [-0.05, 0) is 12.8 Å². The molecule has 2 aromatic rings. The maximum atomic E-state index is 12.3. The van der Waals surface area contributed by atoms with Crippen LogP contribution in [-0.4, -0.2) is 32.9 Å². The minimum Gasteiger partial charge on any atom is -0.344 e. The quantitative estimate of drug-likeness (QED) is 0.806. The standard InChI is InChI=1S/C14H19N5OS.2ClH/c1-3-14(4-2,9-15)19-12(20)11-8-21-13(18-11)10-7-16-5-6-17-10;;/h5-8H,3-4,9,15H2,1-2H3,(H,19,20);2*1H. The molecule has 0 unspecified atom stereocenters. The Bertz CT molecular complexity index is 596. The molecule has 2 aromatic heterocycles. The van der Waals surface area contributed by atoms with Gasteiger partial charge in [0.05, 0.1) is 11.7 Å². The third-order valence-electron chi connectivity index (χ3n) is 3.64. The predicted molar refractivity (Wildman–Crippen MR) is 97.5 cm³/mol. The van der Waals surface area contributed by atoms with Crippen LogP contribution in [0.1, 0.15) is 37.2 Å². The third-order valence-corrected chi connectivity index (χ3v) is 4.51. The van der Waals surface area contributed by atoms with Crippen molar-refractivity contribution in [3.63, 3.8) is 0 Å². The highest BCUT2D eigenvalue weighted by atomic mass is 35.5. The van der Waals surface area contributed by atoms with Gasteiger partial charge < -0.3 is 11.1 Å². The maximum absolute atomic E-state index is 12.3. The van der Waals surface area contributed by atoms with Crippen LogP contribution in [0.4, 0.5) is 0 Å². The molecule has 2 heterocycles. The first-order valence-electron chi connectivity index (χ1n) is 6.88. The molecule has 1 amide bonds. The molecule has 0 atom stereocenters. The average molecular weight is 378 g/mol. The molecule has 0 radical (unpaired) electrons. The zero-order chi connectivity index (χ0) is 15.3. The molecule has 0 saturated carbocycles. The van der Waals surface area contributed by atoms with E-state index in [1.807, 2.05) is 13.8 Å². The molecule has 9 heteroatoms. The molecular formula is C14H21Cl2N5OS. The minimum absolute atomic E-state index is 0. The van der Waals surface area contributed by atoms with E-state index in [2.05, 4.69) is 20.3 Å². The van der Waals surface area contributed by atoms with Crippen LogP contribution in [-0.2, 0) is 0 Å². The summed E-state index contributed by atoms with van der Waals surface area (Å²) in [4.78, 5) is 24.8. The van der Waals surface area contributed by atoms with Crippen LogP contribution in [0.15, 0.2) is 24.0 Å². The number of nitrogens with two attached hydrogens (primary N) is 1. The largest absolute Gasteiger partial charge is 0.344 e. The average Bonchev–Trinajstić information content (AvgIpc) is 3.04. The number of nitrogens with one attached hydrogen (secondary N) is 1. The molecule has 0 aromatic carbocycles. The van der Waals surface area contributed by atoms with E-state index in [4.69, 9.17) is 5.73 Å². The van der Waals surface area contributed by atoms with Crippen LogP contribution in [0, 0.1) is 0 Å². The number of hydrogen-bond donors (Lipinski definition) is 2. The lowest BCUT2D eigenvalue weighted by atomic mass is 9.93. The van der Waals surface area contributed by atoms with E-state index in [0.29, 0.717) is 22.9 Å². The second-order valence-electron chi connectivity index (χ2n) is 4.77. The van der Waals surface area contributed by atoms with Crippen molar-refractivity contribution in [1.29, 1.82) is 0 Å². The highest BCUT2D eigenvalue weighted by Crippen LogP contribution is 2.21. The van der Waals surface area contributed by atoms with Crippen LogP contribution in [0.5, 0.6) is 0 Å². The fourth-order valence-corrected chi connectivity index (χ4v) is 2.74. The lowest BCUT2D eigenvalue weighted by molar-refractivity contribution is 0.0891. The molecule has 0 saturated heterocycles. The van der Waals surface area contributed by atoms with Gasteiger partial charge in [-0.3, -0.25) is 14.8 Å². The Morgan fingerprint density at radius 3 is 2.52 bits per heavy atom. The molecule has 0 aliphatic rings. The van der Waals surface area contributed by atoms with E-state index in [-0.39, 0.29) is 36.3 Å². The third kappa shape index (κ3) is 5.10. The minimum atomic E-state index is -0.368. The summed E-state index contributed by atoms with van der Waals surface area (Å²) >= 11 is 1.37. The lowest BCUT2D eigenvalue weighted by Crippen LogP contribution is -2.52. The van der Waals surface area contributed by atoms with Gasteiger partial charge in [0, 0.05) is 24.3 Å². The fraction of sp³-hybridized carbons (Fsp3) is 0.429. The summed E-state index contributed by atoms with van der Waals surface area (Å²) in [7, 11) is 0. The van der Waals surface area contributed by atoms with Crippen molar-refractivity contribution in [2.24, 2.45) is 5.73 Å². The molecule has 23 heavy (non-hydrogen) atoms. The Labute approximate surface area is 152 Å². The van der Waals surface area contributed by atoms with Gasteiger partial charge in [0.1, 0.15) is 16.4 Å². The second-order valence-corrected chi connectivity index (χ2v) is 5.63. The van der Waals surface area contributed by atoms with Gasteiger partial charge in [-0.15, -0.1) is 36.2 Å². The zero-order valence-electron chi connectivity index (χ0n) is 13.0. The topological polar surface area (TPSA) is 93.8 Å². The van der Waals surface area contributed by atoms with Gasteiger partial charge >= 0.3 is 0 Å². The molecule has 6 nitrogen and oxygen atoms in total. The molecule has 0 spiro atoms. The summed E-state index contributed by atoms with van der Waals surface area (Å²) in [5.41, 5.74) is 6.49. The zero-order valence-corrected chi connectivity index (χ0v) is 15.4. The maximum Gasteiger partial charge on any atom is 0.271 e.